The van der Waals surface area contributed by atoms with Crippen LogP contribution in [0.15, 0.2) is 65.2 Å². The molecule has 1 atom stereocenters. The van der Waals surface area contributed by atoms with Crippen molar-refractivity contribution >= 4 is 27.7 Å². The van der Waals surface area contributed by atoms with Crippen molar-refractivity contribution < 1.29 is 13.2 Å². The molecule has 0 saturated carbocycles. The highest BCUT2D eigenvalue weighted by molar-refractivity contribution is 8.00. The molecule has 0 bridgehead atoms. The average Bonchev–Trinajstić information content (AvgIpc) is 3.20. The van der Waals surface area contributed by atoms with Gasteiger partial charge in [-0.05, 0) is 44.0 Å². The standard InChI is InChI=1S/C24H29N5O3S2/c1-7-14-25-23(30)18(4)33-24-27-26-22(29(24)21-16(2)10-8-11-17(21)3)19-12-9-13-20(15-19)34(31,32)28(5)6/h7-13,15,18H,1,14H2,2-6H3,(H,25,30). The number of para-hydroxylation sites is 1. The fraction of sp³-hybridized carbons (Fsp3) is 0.292. The summed E-state index contributed by atoms with van der Waals surface area (Å²) in [5.74, 6) is 0.357. The molecule has 1 aromatic heterocycles. The summed E-state index contributed by atoms with van der Waals surface area (Å²) >= 11 is 1.29. The Kier molecular flexibility index (Phi) is 7.96. The second kappa shape index (κ2) is 10.5. The lowest BCUT2D eigenvalue weighted by Gasteiger charge is -2.17. The Morgan fingerprint density at radius 1 is 1.18 bits per heavy atom. The molecule has 0 radical (unpaired) electrons. The molecule has 1 amide bonds. The first-order valence-electron chi connectivity index (χ1n) is 10.7. The van der Waals surface area contributed by atoms with Gasteiger partial charge in [0.15, 0.2) is 11.0 Å². The predicted molar refractivity (Wildman–Crippen MR) is 136 cm³/mol. The third kappa shape index (κ3) is 5.24. The lowest BCUT2D eigenvalue weighted by Crippen LogP contribution is -2.31. The summed E-state index contributed by atoms with van der Waals surface area (Å²) in [4.78, 5) is 12.6. The highest BCUT2D eigenvalue weighted by Gasteiger charge is 2.24. The van der Waals surface area contributed by atoms with E-state index in [2.05, 4.69) is 22.1 Å². The second-order valence-electron chi connectivity index (χ2n) is 7.99. The number of aryl methyl sites for hydroxylation is 2. The fourth-order valence-corrected chi connectivity index (χ4v) is 5.25. The van der Waals surface area contributed by atoms with Gasteiger partial charge in [0.2, 0.25) is 15.9 Å². The van der Waals surface area contributed by atoms with E-state index in [0.717, 1.165) is 16.8 Å². The number of sulfonamides is 1. The van der Waals surface area contributed by atoms with Gasteiger partial charge < -0.3 is 5.32 Å². The number of rotatable bonds is 9. The molecular formula is C24H29N5O3S2. The molecule has 2 aromatic carbocycles. The highest BCUT2D eigenvalue weighted by atomic mass is 32.2. The van der Waals surface area contributed by atoms with E-state index < -0.39 is 15.3 Å². The van der Waals surface area contributed by atoms with Crippen molar-refractivity contribution in [3.8, 4) is 17.1 Å². The van der Waals surface area contributed by atoms with Gasteiger partial charge in [-0.25, -0.2) is 12.7 Å². The zero-order chi connectivity index (χ0) is 25.0. The van der Waals surface area contributed by atoms with Gasteiger partial charge in [-0.3, -0.25) is 9.36 Å². The van der Waals surface area contributed by atoms with Crippen LogP contribution >= 0.6 is 11.8 Å². The van der Waals surface area contributed by atoms with Crippen molar-refractivity contribution in [2.24, 2.45) is 0 Å². The molecule has 3 rings (SSSR count). The van der Waals surface area contributed by atoms with Crippen molar-refractivity contribution in [2.45, 2.75) is 36.1 Å². The Morgan fingerprint density at radius 2 is 1.82 bits per heavy atom. The van der Waals surface area contributed by atoms with Crippen LogP contribution in [0.4, 0.5) is 0 Å². The van der Waals surface area contributed by atoms with Gasteiger partial charge in [0.1, 0.15) is 0 Å². The van der Waals surface area contributed by atoms with Crippen LogP contribution in [0.25, 0.3) is 17.1 Å². The summed E-state index contributed by atoms with van der Waals surface area (Å²) in [6.45, 7) is 9.80. The number of hydrogen-bond donors (Lipinski definition) is 1. The maximum Gasteiger partial charge on any atom is 0.242 e. The second-order valence-corrected chi connectivity index (χ2v) is 11.5. The third-order valence-corrected chi connectivity index (χ3v) is 8.09. The van der Waals surface area contributed by atoms with Crippen molar-refractivity contribution in [1.82, 2.24) is 24.4 Å². The van der Waals surface area contributed by atoms with Gasteiger partial charge in [0, 0.05) is 26.2 Å². The van der Waals surface area contributed by atoms with E-state index >= 15 is 0 Å². The van der Waals surface area contributed by atoms with Gasteiger partial charge in [-0.15, -0.1) is 16.8 Å². The highest BCUT2D eigenvalue weighted by Crippen LogP contribution is 2.33. The lowest BCUT2D eigenvalue weighted by molar-refractivity contribution is -0.120. The summed E-state index contributed by atoms with van der Waals surface area (Å²) in [6, 6.07) is 12.6. The van der Waals surface area contributed by atoms with Gasteiger partial charge in [-0.2, -0.15) is 0 Å². The smallest absolute Gasteiger partial charge is 0.242 e. The summed E-state index contributed by atoms with van der Waals surface area (Å²) in [5.41, 5.74) is 3.51. The van der Waals surface area contributed by atoms with E-state index in [4.69, 9.17) is 0 Å². The molecule has 0 aliphatic carbocycles. The zero-order valence-electron chi connectivity index (χ0n) is 19.9. The molecule has 0 spiro atoms. The van der Waals surface area contributed by atoms with Gasteiger partial charge >= 0.3 is 0 Å². The zero-order valence-corrected chi connectivity index (χ0v) is 21.6. The van der Waals surface area contributed by atoms with Crippen LogP contribution in [-0.2, 0) is 14.8 Å². The predicted octanol–water partition coefficient (Wildman–Crippen LogP) is 3.58. The van der Waals surface area contributed by atoms with Gasteiger partial charge in [0.05, 0.1) is 15.8 Å². The van der Waals surface area contributed by atoms with E-state index in [1.807, 2.05) is 36.6 Å². The normalized spacial score (nSPS) is 12.5. The van der Waals surface area contributed by atoms with E-state index in [-0.39, 0.29) is 10.8 Å². The molecule has 34 heavy (non-hydrogen) atoms. The van der Waals surface area contributed by atoms with Crippen molar-refractivity contribution in [1.29, 1.82) is 0 Å². The lowest BCUT2D eigenvalue weighted by atomic mass is 10.1. The number of benzene rings is 2. The summed E-state index contributed by atoms with van der Waals surface area (Å²) in [6.07, 6.45) is 1.63. The first kappa shape index (κ1) is 25.7. The molecule has 0 aliphatic heterocycles. The van der Waals surface area contributed by atoms with Gasteiger partial charge in [-0.1, -0.05) is 48.2 Å². The molecule has 10 heteroatoms. The Morgan fingerprint density at radius 3 is 2.44 bits per heavy atom. The number of nitrogens with zero attached hydrogens (tertiary/aromatic N) is 4. The van der Waals surface area contributed by atoms with E-state index in [9.17, 15) is 13.2 Å². The monoisotopic (exact) mass is 499 g/mol. The molecule has 8 nitrogen and oxygen atoms in total. The minimum Gasteiger partial charge on any atom is -0.352 e. The number of hydrogen-bond acceptors (Lipinski definition) is 6. The summed E-state index contributed by atoms with van der Waals surface area (Å²) in [5, 5.41) is 11.7. The Balaban J connectivity index is 2.17. The molecule has 3 aromatic rings. The molecule has 0 fully saturated rings. The number of thioether (sulfide) groups is 1. The van der Waals surface area contributed by atoms with E-state index in [1.165, 1.54) is 30.2 Å². The van der Waals surface area contributed by atoms with E-state index in [1.54, 1.807) is 37.3 Å². The first-order valence-corrected chi connectivity index (χ1v) is 13.0. The van der Waals surface area contributed by atoms with Crippen LogP contribution in [0.5, 0.6) is 0 Å². The van der Waals surface area contributed by atoms with Crippen molar-refractivity contribution in [2.75, 3.05) is 20.6 Å². The number of carbonyl (C=O) groups is 1. The third-order valence-electron chi connectivity index (χ3n) is 5.24. The number of nitrogens with one attached hydrogen (secondary N) is 1. The van der Waals surface area contributed by atoms with Crippen molar-refractivity contribution in [3.63, 3.8) is 0 Å². The van der Waals surface area contributed by atoms with E-state index in [0.29, 0.717) is 23.1 Å². The average molecular weight is 500 g/mol. The SMILES string of the molecule is C=CCNC(=O)C(C)Sc1nnc(-c2cccc(S(=O)(=O)N(C)C)c2)n1-c1c(C)cccc1C. The summed E-state index contributed by atoms with van der Waals surface area (Å²) < 4.78 is 28.5. The topological polar surface area (TPSA) is 97.2 Å². The largest absolute Gasteiger partial charge is 0.352 e. The van der Waals surface area contributed by atoms with Crippen LogP contribution < -0.4 is 5.32 Å². The minimum atomic E-state index is -3.62. The quantitative estimate of drug-likeness (QED) is 0.357. The Hall–Kier alpha value is -2.95. The molecular weight excluding hydrogens is 470 g/mol. The molecule has 180 valence electrons. The van der Waals surface area contributed by atoms with Crippen LogP contribution in [0, 0.1) is 13.8 Å². The maximum absolute atomic E-state index is 12.7. The molecule has 0 aliphatic rings. The first-order chi connectivity index (χ1) is 16.1. The Bertz CT molecular complexity index is 1300. The number of aromatic nitrogens is 3. The number of amides is 1. The fourth-order valence-electron chi connectivity index (χ4n) is 3.43. The molecule has 1 heterocycles. The summed E-state index contributed by atoms with van der Waals surface area (Å²) in [7, 11) is -0.634. The maximum atomic E-state index is 12.7. The number of carbonyl (C=O) groups excluding carboxylic acids is 1. The molecule has 1 unspecified atom stereocenters. The van der Waals surface area contributed by atoms with Gasteiger partial charge in [0.25, 0.3) is 0 Å². The Labute approximate surface area is 205 Å². The minimum absolute atomic E-state index is 0.137. The van der Waals surface area contributed by atoms with Crippen molar-refractivity contribution in [3.05, 3.63) is 66.2 Å². The van der Waals surface area contributed by atoms with Crippen LogP contribution in [0.1, 0.15) is 18.1 Å². The van der Waals surface area contributed by atoms with Crippen LogP contribution in [0.2, 0.25) is 0 Å². The van der Waals surface area contributed by atoms with Crippen LogP contribution in [-0.4, -0.2) is 59.3 Å². The van der Waals surface area contributed by atoms with Crippen LogP contribution in [0.3, 0.4) is 0 Å². The molecule has 0 saturated heterocycles. The molecule has 1 N–H and O–H groups in total.